The normalized spacial score (nSPS) is 15.4. The molecule has 5 nitrogen and oxygen atoms in total. The van der Waals surface area contributed by atoms with E-state index in [9.17, 15) is 26.4 Å². The van der Waals surface area contributed by atoms with Crippen molar-refractivity contribution in [2.24, 2.45) is 0 Å². The first-order valence-corrected chi connectivity index (χ1v) is 10.9. The predicted molar refractivity (Wildman–Crippen MR) is 109 cm³/mol. The summed E-state index contributed by atoms with van der Waals surface area (Å²) in [6, 6.07) is 11.4. The molecule has 3 aromatic carbocycles. The van der Waals surface area contributed by atoms with Gasteiger partial charge in [0.25, 0.3) is 15.9 Å². The van der Waals surface area contributed by atoms with Crippen LogP contribution in [-0.2, 0) is 16.4 Å². The van der Waals surface area contributed by atoms with Crippen molar-refractivity contribution in [3.8, 4) is 0 Å². The van der Waals surface area contributed by atoms with Crippen LogP contribution in [0, 0.1) is 17.5 Å². The van der Waals surface area contributed by atoms with Crippen molar-refractivity contribution in [3.63, 3.8) is 0 Å². The fourth-order valence-electron chi connectivity index (χ4n) is 3.57. The van der Waals surface area contributed by atoms with Gasteiger partial charge in [0.1, 0.15) is 17.5 Å². The Morgan fingerprint density at radius 3 is 2.48 bits per heavy atom. The number of rotatable bonds is 5. The number of fused-ring (bicyclic) bond motifs is 1. The molecular formula is C22H17F3N2O3S. The number of carbonyl (C=O) groups is 1. The van der Waals surface area contributed by atoms with Crippen molar-refractivity contribution >= 4 is 21.6 Å². The van der Waals surface area contributed by atoms with Gasteiger partial charge in [0, 0.05) is 0 Å². The first kappa shape index (κ1) is 20.9. The van der Waals surface area contributed by atoms with Gasteiger partial charge in [-0.05, 0) is 72.5 Å². The summed E-state index contributed by atoms with van der Waals surface area (Å²) in [7, 11) is -4.20. The summed E-state index contributed by atoms with van der Waals surface area (Å²) in [4.78, 5) is 12.3. The molecule has 0 saturated heterocycles. The number of anilines is 1. The number of aryl methyl sites for hydroxylation is 1. The van der Waals surface area contributed by atoms with Gasteiger partial charge in [-0.1, -0.05) is 12.1 Å². The number of nitrogens with one attached hydrogen (secondary N) is 2. The highest BCUT2D eigenvalue weighted by Gasteiger charge is 2.27. The minimum atomic E-state index is -4.20. The Morgan fingerprint density at radius 2 is 1.71 bits per heavy atom. The van der Waals surface area contributed by atoms with E-state index in [0.717, 1.165) is 35.9 Å². The van der Waals surface area contributed by atoms with Crippen molar-refractivity contribution in [1.82, 2.24) is 5.32 Å². The summed E-state index contributed by atoms with van der Waals surface area (Å²) in [5.41, 5.74) is 1.03. The topological polar surface area (TPSA) is 75.3 Å². The number of benzene rings is 3. The Balaban J connectivity index is 1.58. The molecule has 0 aliphatic heterocycles. The zero-order valence-electron chi connectivity index (χ0n) is 16.0. The molecule has 0 spiro atoms. The largest absolute Gasteiger partial charge is 0.345 e. The second-order valence-electron chi connectivity index (χ2n) is 7.17. The minimum absolute atomic E-state index is 0.0140. The molecule has 2 N–H and O–H groups in total. The molecule has 1 aliphatic carbocycles. The summed E-state index contributed by atoms with van der Waals surface area (Å²) >= 11 is 0. The van der Waals surface area contributed by atoms with E-state index in [-0.39, 0.29) is 10.6 Å². The molecule has 0 aromatic heterocycles. The van der Waals surface area contributed by atoms with Crippen LogP contribution in [0.25, 0.3) is 0 Å². The van der Waals surface area contributed by atoms with Crippen LogP contribution in [0.4, 0.5) is 18.9 Å². The second-order valence-corrected chi connectivity index (χ2v) is 8.85. The lowest BCUT2D eigenvalue weighted by molar-refractivity contribution is 0.0932. The predicted octanol–water partition coefficient (Wildman–Crippen LogP) is 4.32. The molecule has 160 valence electrons. The van der Waals surface area contributed by atoms with Gasteiger partial charge in [-0.25, -0.2) is 21.6 Å². The first-order chi connectivity index (χ1) is 14.7. The van der Waals surface area contributed by atoms with E-state index in [1.807, 2.05) is 0 Å². The standard InChI is InChI=1S/C22H17F3N2O3S/c23-14-2-1-3-16(10-14)27-31(29,30)17-7-8-20(25)19(12-17)22(28)26-21-9-5-13-4-6-15(24)11-18(13)21/h1-4,6-8,10-12,21,27H,5,9H2,(H,26,28). The fourth-order valence-corrected chi connectivity index (χ4v) is 4.65. The number of hydrogen-bond acceptors (Lipinski definition) is 3. The molecule has 1 atom stereocenters. The minimum Gasteiger partial charge on any atom is -0.345 e. The van der Waals surface area contributed by atoms with Crippen molar-refractivity contribution < 1.29 is 26.4 Å². The van der Waals surface area contributed by atoms with Crippen molar-refractivity contribution in [2.75, 3.05) is 4.72 Å². The van der Waals surface area contributed by atoms with Crippen LogP contribution in [-0.4, -0.2) is 14.3 Å². The van der Waals surface area contributed by atoms with E-state index >= 15 is 0 Å². The third-order valence-electron chi connectivity index (χ3n) is 5.06. The molecule has 1 aliphatic rings. The first-order valence-electron chi connectivity index (χ1n) is 9.40. The van der Waals surface area contributed by atoms with Crippen molar-refractivity contribution in [3.05, 3.63) is 94.8 Å². The highest BCUT2D eigenvalue weighted by molar-refractivity contribution is 7.92. The average molecular weight is 446 g/mol. The third-order valence-corrected chi connectivity index (χ3v) is 6.44. The lowest BCUT2D eigenvalue weighted by atomic mass is 10.1. The molecule has 0 heterocycles. The van der Waals surface area contributed by atoms with Crippen LogP contribution < -0.4 is 10.0 Å². The summed E-state index contributed by atoms with van der Waals surface area (Å²) in [6.45, 7) is 0. The number of hydrogen-bond donors (Lipinski definition) is 2. The van der Waals surface area contributed by atoms with E-state index in [4.69, 9.17) is 0 Å². The highest BCUT2D eigenvalue weighted by atomic mass is 32.2. The van der Waals surface area contributed by atoms with Gasteiger partial charge in [-0.2, -0.15) is 0 Å². The number of amides is 1. The maximum Gasteiger partial charge on any atom is 0.261 e. The molecule has 0 radical (unpaired) electrons. The van der Waals surface area contributed by atoms with Crippen molar-refractivity contribution in [1.29, 1.82) is 0 Å². The molecule has 1 unspecified atom stereocenters. The maximum atomic E-state index is 14.3. The SMILES string of the molecule is O=C(NC1CCc2ccc(F)cc21)c1cc(S(=O)(=O)Nc2cccc(F)c2)ccc1F. The Morgan fingerprint density at radius 1 is 0.935 bits per heavy atom. The molecule has 31 heavy (non-hydrogen) atoms. The highest BCUT2D eigenvalue weighted by Crippen LogP contribution is 2.32. The molecular weight excluding hydrogens is 429 g/mol. The monoisotopic (exact) mass is 446 g/mol. The van der Waals surface area contributed by atoms with E-state index < -0.39 is 45.0 Å². The summed E-state index contributed by atoms with van der Waals surface area (Å²) < 4.78 is 68.7. The van der Waals surface area contributed by atoms with Gasteiger partial charge in [-0.3, -0.25) is 9.52 Å². The molecule has 4 rings (SSSR count). The van der Waals surface area contributed by atoms with Gasteiger partial charge in [0.15, 0.2) is 0 Å². The number of halogens is 3. The smallest absolute Gasteiger partial charge is 0.261 e. The van der Waals surface area contributed by atoms with Crippen molar-refractivity contribution in [2.45, 2.75) is 23.8 Å². The van der Waals surface area contributed by atoms with Crippen LogP contribution >= 0.6 is 0 Å². The van der Waals surface area contributed by atoms with Gasteiger partial charge < -0.3 is 5.32 Å². The van der Waals surface area contributed by atoms with Crippen LogP contribution in [0.5, 0.6) is 0 Å². The molecule has 0 bridgehead atoms. The lowest BCUT2D eigenvalue weighted by Crippen LogP contribution is -2.28. The summed E-state index contributed by atoms with van der Waals surface area (Å²) in [5.74, 6) is -2.79. The van der Waals surface area contributed by atoms with Gasteiger partial charge in [0.2, 0.25) is 0 Å². The zero-order valence-corrected chi connectivity index (χ0v) is 16.8. The zero-order chi connectivity index (χ0) is 22.2. The Labute approximate surface area is 177 Å². The number of sulfonamides is 1. The summed E-state index contributed by atoms with van der Waals surface area (Å²) in [6.07, 6.45) is 1.15. The second kappa shape index (κ2) is 8.07. The molecule has 3 aromatic rings. The molecule has 1 amide bonds. The Kier molecular flexibility index (Phi) is 5.45. The summed E-state index contributed by atoms with van der Waals surface area (Å²) in [5, 5.41) is 2.64. The lowest BCUT2D eigenvalue weighted by Gasteiger charge is -2.15. The van der Waals surface area contributed by atoms with Gasteiger partial charge in [0.05, 0.1) is 22.2 Å². The van der Waals surface area contributed by atoms with E-state index in [2.05, 4.69) is 10.0 Å². The van der Waals surface area contributed by atoms with Crippen LogP contribution in [0.3, 0.4) is 0 Å². The molecule has 0 fully saturated rings. The van der Waals surface area contributed by atoms with Gasteiger partial charge >= 0.3 is 0 Å². The quantitative estimate of drug-likeness (QED) is 0.613. The van der Waals surface area contributed by atoms with Crippen LogP contribution in [0.15, 0.2) is 65.6 Å². The van der Waals surface area contributed by atoms with Crippen LogP contribution in [0.1, 0.15) is 33.9 Å². The van der Waals surface area contributed by atoms with E-state index in [1.54, 1.807) is 6.07 Å². The Bertz CT molecular complexity index is 1280. The van der Waals surface area contributed by atoms with Crippen LogP contribution in [0.2, 0.25) is 0 Å². The Hall–Kier alpha value is -3.33. The maximum absolute atomic E-state index is 14.3. The number of carbonyl (C=O) groups excluding carboxylic acids is 1. The molecule has 0 saturated carbocycles. The van der Waals surface area contributed by atoms with E-state index in [1.165, 1.54) is 24.3 Å². The fraction of sp³-hybridized carbons (Fsp3) is 0.136. The average Bonchev–Trinajstić information content (AvgIpc) is 3.09. The van der Waals surface area contributed by atoms with Gasteiger partial charge in [-0.15, -0.1) is 0 Å². The third kappa shape index (κ3) is 4.41. The molecule has 9 heteroatoms. The van der Waals surface area contributed by atoms with E-state index in [0.29, 0.717) is 18.4 Å².